The smallest absolute Gasteiger partial charge is 0.0530 e. The molecule has 2 aliphatic rings. The molecule has 0 aromatic heterocycles. The van der Waals surface area contributed by atoms with Crippen molar-refractivity contribution in [3.63, 3.8) is 0 Å². The third-order valence-electron chi connectivity index (χ3n) is 3.17. The molecule has 0 aromatic carbocycles. The minimum atomic E-state index is 0.569. The Kier molecular flexibility index (Phi) is 2.37. The zero-order valence-corrected chi connectivity index (χ0v) is 8.01. The van der Waals surface area contributed by atoms with Gasteiger partial charge in [-0.05, 0) is 38.8 Å². The lowest BCUT2D eigenvalue weighted by atomic mass is 10.1. The monoisotopic (exact) mass is 169 g/mol. The van der Waals surface area contributed by atoms with E-state index in [0.29, 0.717) is 5.41 Å². The molecule has 70 valence electrons. The Morgan fingerprint density at radius 1 is 1.25 bits per heavy atom. The summed E-state index contributed by atoms with van der Waals surface area (Å²) in [5.74, 6) is 0. The molecule has 2 rings (SSSR count). The Morgan fingerprint density at radius 3 is 2.42 bits per heavy atom. The van der Waals surface area contributed by atoms with E-state index >= 15 is 0 Å². The van der Waals surface area contributed by atoms with Gasteiger partial charge in [-0.15, -0.1) is 0 Å². The predicted molar refractivity (Wildman–Crippen MR) is 49.2 cm³/mol. The van der Waals surface area contributed by atoms with Crippen LogP contribution in [0.25, 0.3) is 0 Å². The molecule has 1 aliphatic heterocycles. The van der Waals surface area contributed by atoms with Gasteiger partial charge in [-0.25, -0.2) is 0 Å². The van der Waals surface area contributed by atoms with E-state index in [1.807, 2.05) is 7.11 Å². The van der Waals surface area contributed by atoms with Crippen molar-refractivity contribution in [2.45, 2.75) is 25.7 Å². The number of ether oxygens (including phenoxy) is 1. The van der Waals surface area contributed by atoms with Crippen molar-refractivity contribution < 1.29 is 4.74 Å². The van der Waals surface area contributed by atoms with Crippen LogP contribution in [-0.2, 0) is 4.74 Å². The van der Waals surface area contributed by atoms with Crippen molar-refractivity contribution in [2.75, 3.05) is 33.4 Å². The van der Waals surface area contributed by atoms with E-state index in [-0.39, 0.29) is 0 Å². The van der Waals surface area contributed by atoms with Gasteiger partial charge in [0.1, 0.15) is 0 Å². The molecule has 0 bridgehead atoms. The molecule has 2 nitrogen and oxygen atoms in total. The second kappa shape index (κ2) is 3.35. The van der Waals surface area contributed by atoms with Crippen LogP contribution in [0.2, 0.25) is 0 Å². The summed E-state index contributed by atoms with van der Waals surface area (Å²) in [6.07, 6.45) is 5.58. The highest BCUT2D eigenvalue weighted by Crippen LogP contribution is 2.46. The lowest BCUT2D eigenvalue weighted by Crippen LogP contribution is -2.30. The molecule has 0 atom stereocenters. The predicted octanol–water partition coefficient (Wildman–Crippen LogP) is 1.51. The SMILES string of the molecule is COCC1(CN2CCCC2)CC1. The standard InChI is InChI=1S/C10H19NO/c1-12-9-10(4-5-10)8-11-6-2-3-7-11/h2-9H2,1H3. The third kappa shape index (κ3) is 1.80. The first-order chi connectivity index (χ1) is 5.85. The molecular formula is C10H19NO. The molecule has 2 heteroatoms. The molecule has 0 aromatic rings. The van der Waals surface area contributed by atoms with E-state index in [9.17, 15) is 0 Å². The number of likely N-dealkylation sites (tertiary alicyclic amines) is 1. The van der Waals surface area contributed by atoms with Crippen molar-refractivity contribution in [2.24, 2.45) is 5.41 Å². The highest BCUT2D eigenvalue weighted by molar-refractivity contribution is 4.96. The number of rotatable bonds is 4. The molecule has 0 unspecified atom stereocenters. The van der Waals surface area contributed by atoms with E-state index in [4.69, 9.17) is 4.74 Å². The Hall–Kier alpha value is -0.0800. The molecule has 0 amide bonds. The summed E-state index contributed by atoms with van der Waals surface area (Å²) in [6, 6.07) is 0. The van der Waals surface area contributed by atoms with Crippen LogP contribution in [-0.4, -0.2) is 38.3 Å². The lowest BCUT2D eigenvalue weighted by molar-refractivity contribution is 0.116. The Morgan fingerprint density at radius 2 is 1.92 bits per heavy atom. The van der Waals surface area contributed by atoms with Crippen LogP contribution in [0.4, 0.5) is 0 Å². The fraction of sp³-hybridized carbons (Fsp3) is 1.00. The first-order valence-corrected chi connectivity index (χ1v) is 5.06. The maximum atomic E-state index is 5.25. The Labute approximate surface area is 74.9 Å². The van der Waals surface area contributed by atoms with Gasteiger partial charge in [0.25, 0.3) is 0 Å². The molecule has 0 spiro atoms. The number of nitrogens with zero attached hydrogens (tertiary/aromatic N) is 1. The average molecular weight is 169 g/mol. The highest BCUT2D eigenvalue weighted by atomic mass is 16.5. The number of hydrogen-bond donors (Lipinski definition) is 0. The zero-order valence-electron chi connectivity index (χ0n) is 8.01. The average Bonchev–Trinajstić information content (AvgIpc) is 2.63. The summed E-state index contributed by atoms with van der Waals surface area (Å²) in [5.41, 5.74) is 0.569. The van der Waals surface area contributed by atoms with Gasteiger partial charge in [-0.1, -0.05) is 0 Å². The fourth-order valence-corrected chi connectivity index (χ4v) is 2.25. The third-order valence-corrected chi connectivity index (χ3v) is 3.17. The molecule has 0 N–H and O–H groups in total. The minimum Gasteiger partial charge on any atom is -0.384 e. The summed E-state index contributed by atoms with van der Waals surface area (Å²) < 4.78 is 5.25. The second-order valence-electron chi connectivity index (χ2n) is 4.42. The molecule has 1 heterocycles. The van der Waals surface area contributed by atoms with Gasteiger partial charge >= 0.3 is 0 Å². The van der Waals surface area contributed by atoms with Crippen LogP contribution in [0.15, 0.2) is 0 Å². The van der Waals surface area contributed by atoms with Crippen molar-refractivity contribution >= 4 is 0 Å². The highest BCUT2D eigenvalue weighted by Gasteiger charge is 2.44. The van der Waals surface area contributed by atoms with E-state index in [2.05, 4.69) is 4.90 Å². The second-order valence-corrected chi connectivity index (χ2v) is 4.42. The molecule has 1 saturated carbocycles. The normalized spacial score (nSPS) is 27.8. The maximum absolute atomic E-state index is 5.25. The van der Waals surface area contributed by atoms with Crippen LogP contribution in [0, 0.1) is 5.41 Å². The van der Waals surface area contributed by atoms with Gasteiger partial charge in [0, 0.05) is 19.1 Å². The fourth-order valence-electron chi connectivity index (χ4n) is 2.25. The van der Waals surface area contributed by atoms with Gasteiger partial charge < -0.3 is 9.64 Å². The van der Waals surface area contributed by atoms with E-state index in [0.717, 1.165) is 6.61 Å². The minimum absolute atomic E-state index is 0.569. The zero-order chi connectivity index (χ0) is 8.44. The largest absolute Gasteiger partial charge is 0.384 e. The van der Waals surface area contributed by atoms with Crippen molar-refractivity contribution in [1.29, 1.82) is 0 Å². The molecule has 12 heavy (non-hydrogen) atoms. The van der Waals surface area contributed by atoms with Gasteiger partial charge in [-0.2, -0.15) is 0 Å². The van der Waals surface area contributed by atoms with E-state index < -0.39 is 0 Å². The van der Waals surface area contributed by atoms with Crippen molar-refractivity contribution in [3.05, 3.63) is 0 Å². The molecule has 1 aliphatic carbocycles. The Bertz CT molecular complexity index is 148. The van der Waals surface area contributed by atoms with Crippen LogP contribution < -0.4 is 0 Å². The van der Waals surface area contributed by atoms with Crippen LogP contribution in [0.5, 0.6) is 0 Å². The summed E-state index contributed by atoms with van der Waals surface area (Å²) in [4.78, 5) is 2.60. The van der Waals surface area contributed by atoms with Crippen molar-refractivity contribution in [3.8, 4) is 0 Å². The summed E-state index contributed by atoms with van der Waals surface area (Å²) in [5, 5.41) is 0. The topological polar surface area (TPSA) is 12.5 Å². The molecule has 1 saturated heterocycles. The summed E-state index contributed by atoms with van der Waals surface area (Å²) >= 11 is 0. The molecule has 2 fully saturated rings. The van der Waals surface area contributed by atoms with Crippen LogP contribution in [0.3, 0.4) is 0 Å². The van der Waals surface area contributed by atoms with Gasteiger partial charge in [0.15, 0.2) is 0 Å². The van der Waals surface area contributed by atoms with Crippen LogP contribution >= 0.6 is 0 Å². The van der Waals surface area contributed by atoms with Gasteiger partial charge in [0.05, 0.1) is 6.61 Å². The number of methoxy groups -OCH3 is 1. The number of hydrogen-bond acceptors (Lipinski definition) is 2. The quantitative estimate of drug-likeness (QED) is 0.632. The van der Waals surface area contributed by atoms with Gasteiger partial charge in [-0.3, -0.25) is 0 Å². The summed E-state index contributed by atoms with van der Waals surface area (Å²) in [7, 11) is 1.82. The first-order valence-electron chi connectivity index (χ1n) is 5.06. The Balaban J connectivity index is 1.77. The molecular weight excluding hydrogens is 150 g/mol. The van der Waals surface area contributed by atoms with Gasteiger partial charge in [0.2, 0.25) is 0 Å². The first kappa shape index (κ1) is 8.52. The lowest BCUT2D eigenvalue weighted by Gasteiger charge is -2.21. The van der Waals surface area contributed by atoms with Crippen LogP contribution in [0.1, 0.15) is 25.7 Å². The maximum Gasteiger partial charge on any atom is 0.0530 e. The van der Waals surface area contributed by atoms with Crippen molar-refractivity contribution in [1.82, 2.24) is 4.90 Å². The summed E-state index contributed by atoms with van der Waals surface area (Å²) in [6.45, 7) is 4.92. The molecule has 0 radical (unpaired) electrons. The van der Waals surface area contributed by atoms with E-state index in [1.165, 1.54) is 45.3 Å². The van der Waals surface area contributed by atoms with E-state index in [1.54, 1.807) is 0 Å².